The highest BCUT2D eigenvalue weighted by Crippen LogP contribution is 2.29. The van der Waals surface area contributed by atoms with Gasteiger partial charge in [-0.25, -0.2) is 9.97 Å². The second-order valence-electron chi connectivity index (χ2n) is 7.35. The molecule has 0 saturated heterocycles. The van der Waals surface area contributed by atoms with Crippen LogP contribution in [-0.4, -0.2) is 41.0 Å². The zero-order chi connectivity index (χ0) is 22.5. The summed E-state index contributed by atoms with van der Waals surface area (Å²) in [7, 11) is 1.66. The first-order chi connectivity index (χ1) is 15.6. The lowest BCUT2D eigenvalue weighted by atomic mass is 10.0. The van der Waals surface area contributed by atoms with Crippen molar-refractivity contribution in [2.45, 2.75) is 13.8 Å². The maximum absolute atomic E-state index is 12.5. The molecule has 0 atom stereocenters. The van der Waals surface area contributed by atoms with Gasteiger partial charge in [0.15, 0.2) is 0 Å². The highest BCUT2D eigenvalue weighted by Gasteiger charge is 2.12. The normalized spacial score (nSPS) is 10.7. The Morgan fingerprint density at radius 2 is 1.69 bits per heavy atom. The van der Waals surface area contributed by atoms with Crippen LogP contribution in [0, 0.1) is 0 Å². The fourth-order valence-electron chi connectivity index (χ4n) is 3.64. The second-order valence-corrected chi connectivity index (χ2v) is 7.35. The standard InChI is InChI=1S/C26H26N4O2/c1-4-30(5-2)25(31)19-9-13-21(14-10-19)28-26-27-17-20-7-6-8-23(24(20)29-26)18-11-15-22(32-3)16-12-18/h6-17H,4-5H2,1-3H3,(H,27,28,29). The third kappa shape index (κ3) is 4.39. The molecule has 0 unspecified atom stereocenters. The van der Waals surface area contributed by atoms with Crippen LogP contribution in [-0.2, 0) is 0 Å². The highest BCUT2D eigenvalue weighted by molar-refractivity contribution is 5.95. The molecule has 32 heavy (non-hydrogen) atoms. The van der Waals surface area contributed by atoms with Crippen molar-refractivity contribution >= 4 is 28.4 Å². The first-order valence-electron chi connectivity index (χ1n) is 10.7. The van der Waals surface area contributed by atoms with Gasteiger partial charge in [-0.15, -0.1) is 0 Å². The molecule has 0 bridgehead atoms. The molecule has 0 radical (unpaired) electrons. The Balaban J connectivity index is 1.60. The molecule has 1 amide bonds. The van der Waals surface area contributed by atoms with E-state index in [-0.39, 0.29) is 5.91 Å². The number of amides is 1. The van der Waals surface area contributed by atoms with Crippen molar-refractivity contribution in [2.24, 2.45) is 0 Å². The van der Waals surface area contributed by atoms with Gasteiger partial charge in [0, 0.05) is 41.5 Å². The van der Waals surface area contributed by atoms with Crippen LogP contribution in [0.15, 0.2) is 72.9 Å². The summed E-state index contributed by atoms with van der Waals surface area (Å²) in [4.78, 5) is 23.5. The second kappa shape index (κ2) is 9.47. The number of rotatable bonds is 7. The number of hydrogen-bond donors (Lipinski definition) is 1. The molecule has 4 aromatic rings. The number of nitrogens with one attached hydrogen (secondary N) is 1. The summed E-state index contributed by atoms with van der Waals surface area (Å²) in [6.45, 7) is 5.34. The van der Waals surface area contributed by atoms with E-state index >= 15 is 0 Å². The third-order valence-corrected chi connectivity index (χ3v) is 5.45. The van der Waals surface area contributed by atoms with Gasteiger partial charge in [0.25, 0.3) is 5.91 Å². The summed E-state index contributed by atoms with van der Waals surface area (Å²) in [5, 5.41) is 4.21. The quantitative estimate of drug-likeness (QED) is 0.421. The van der Waals surface area contributed by atoms with Crippen molar-refractivity contribution in [1.29, 1.82) is 0 Å². The largest absolute Gasteiger partial charge is 0.497 e. The number of hydrogen-bond acceptors (Lipinski definition) is 5. The van der Waals surface area contributed by atoms with Crippen molar-refractivity contribution in [3.05, 3.63) is 78.5 Å². The van der Waals surface area contributed by atoms with Crippen molar-refractivity contribution in [3.63, 3.8) is 0 Å². The Labute approximate surface area is 187 Å². The molecule has 1 N–H and O–H groups in total. The van der Waals surface area contributed by atoms with Crippen LogP contribution in [0.5, 0.6) is 5.75 Å². The molecular weight excluding hydrogens is 400 g/mol. The summed E-state index contributed by atoms with van der Waals surface area (Å²) in [6, 6.07) is 21.4. The van der Waals surface area contributed by atoms with Crippen LogP contribution < -0.4 is 10.1 Å². The number of carbonyl (C=O) groups excluding carboxylic acids is 1. The van der Waals surface area contributed by atoms with Gasteiger partial charge < -0.3 is 15.0 Å². The highest BCUT2D eigenvalue weighted by atomic mass is 16.5. The number of anilines is 2. The maximum atomic E-state index is 12.5. The Morgan fingerprint density at radius 1 is 0.969 bits per heavy atom. The van der Waals surface area contributed by atoms with Crippen LogP contribution in [0.2, 0.25) is 0 Å². The number of para-hydroxylation sites is 1. The number of fused-ring (bicyclic) bond motifs is 1. The number of benzene rings is 3. The minimum atomic E-state index is 0.0349. The van der Waals surface area contributed by atoms with Crippen molar-refractivity contribution in [2.75, 3.05) is 25.5 Å². The molecule has 6 heteroatoms. The molecule has 0 saturated carbocycles. The zero-order valence-electron chi connectivity index (χ0n) is 18.5. The summed E-state index contributed by atoms with van der Waals surface area (Å²) in [5.74, 6) is 1.35. The van der Waals surface area contributed by atoms with Crippen LogP contribution in [0.3, 0.4) is 0 Å². The molecule has 0 aliphatic rings. The SMILES string of the molecule is CCN(CC)C(=O)c1ccc(Nc2ncc3cccc(-c4ccc(OC)cc4)c3n2)cc1. The summed E-state index contributed by atoms with van der Waals surface area (Å²) >= 11 is 0. The molecule has 0 spiro atoms. The van der Waals surface area contributed by atoms with E-state index in [0.29, 0.717) is 24.6 Å². The van der Waals surface area contributed by atoms with E-state index in [2.05, 4.69) is 16.4 Å². The topological polar surface area (TPSA) is 67.4 Å². The minimum absolute atomic E-state index is 0.0349. The van der Waals surface area contributed by atoms with E-state index in [4.69, 9.17) is 9.72 Å². The summed E-state index contributed by atoms with van der Waals surface area (Å²) < 4.78 is 5.27. The predicted octanol–water partition coefficient (Wildman–Crippen LogP) is 5.53. The van der Waals surface area contributed by atoms with Gasteiger partial charge in [-0.2, -0.15) is 0 Å². The van der Waals surface area contributed by atoms with Crippen LogP contribution in [0.1, 0.15) is 24.2 Å². The number of methoxy groups -OCH3 is 1. The molecule has 6 nitrogen and oxygen atoms in total. The van der Waals surface area contributed by atoms with Gasteiger partial charge in [0.05, 0.1) is 12.6 Å². The Kier molecular flexibility index (Phi) is 6.31. The molecule has 3 aromatic carbocycles. The molecular formula is C26H26N4O2. The molecule has 0 aliphatic heterocycles. The Bertz CT molecular complexity index is 1220. The molecule has 162 valence electrons. The van der Waals surface area contributed by atoms with Crippen molar-refractivity contribution in [1.82, 2.24) is 14.9 Å². The van der Waals surface area contributed by atoms with Crippen molar-refractivity contribution in [3.8, 4) is 16.9 Å². The van der Waals surface area contributed by atoms with Gasteiger partial charge in [0.2, 0.25) is 5.95 Å². The molecule has 1 heterocycles. The molecule has 1 aromatic heterocycles. The van der Waals surface area contributed by atoms with Gasteiger partial charge in [-0.1, -0.05) is 30.3 Å². The van der Waals surface area contributed by atoms with Crippen LogP contribution in [0.25, 0.3) is 22.0 Å². The number of aromatic nitrogens is 2. The minimum Gasteiger partial charge on any atom is -0.497 e. The summed E-state index contributed by atoms with van der Waals surface area (Å²) in [5.41, 5.74) is 4.43. The lowest BCUT2D eigenvalue weighted by Crippen LogP contribution is -2.30. The first kappa shape index (κ1) is 21.3. The fraction of sp³-hybridized carbons (Fsp3) is 0.192. The molecule has 0 aliphatic carbocycles. The first-order valence-corrected chi connectivity index (χ1v) is 10.7. The Hall–Kier alpha value is -3.93. The van der Waals surface area contributed by atoms with Gasteiger partial charge in [-0.05, 0) is 55.8 Å². The van der Waals surface area contributed by atoms with E-state index in [1.165, 1.54) is 0 Å². The lowest BCUT2D eigenvalue weighted by Gasteiger charge is -2.18. The zero-order valence-corrected chi connectivity index (χ0v) is 18.5. The predicted molar refractivity (Wildman–Crippen MR) is 129 cm³/mol. The number of ether oxygens (including phenoxy) is 1. The monoisotopic (exact) mass is 426 g/mol. The smallest absolute Gasteiger partial charge is 0.253 e. The van der Waals surface area contributed by atoms with Gasteiger partial charge in [-0.3, -0.25) is 4.79 Å². The van der Waals surface area contributed by atoms with E-state index in [0.717, 1.165) is 33.5 Å². The van der Waals surface area contributed by atoms with Crippen LogP contribution >= 0.6 is 0 Å². The van der Waals surface area contributed by atoms with Gasteiger partial charge >= 0.3 is 0 Å². The fourth-order valence-corrected chi connectivity index (χ4v) is 3.64. The Morgan fingerprint density at radius 3 is 2.34 bits per heavy atom. The van der Waals surface area contributed by atoms with Crippen LogP contribution in [0.4, 0.5) is 11.6 Å². The third-order valence-electron chi connectivity index (χ3n) is 5.45. The average Bonchev–Trinajstić information content (AvgIpc) is 2.85. The van der Waals surface area contributed by atoms with Gasteiger partial charge in [0.1, 0.15) is 5.75 Å². The lowest BCUT2D eigenvalue weighted by molar-refractivity contribution is 0.0773. The average molecular weight is 427 g/mol. The van der Waals surface area contributed by atoms with E-state index in [1.54, 1.807) is 12.0 Å². The van der Waals surface area contributed by atoms with E-state index in [1.807, 2.05) is 80.7 Å². The maximum Gasteiger partial charge on any atom is 0.253 e. The van der Waals surface area contributed by atoms with Crippen molar-refractivity contribution < 1.29 is 9.53 Å². The number of carbonyl (C=O) groups is 1. The molecule has 0 fully saturated rings. The molecule has 4 rings (SSSR count). The van der Waals surface area contributed by atoms with E-state index < -0.39 is 0 Å². The summed E-state index contributed by atoms with van der Waals surface area (Å²) in [6.07, 6.45) is 1.82. The van der Waals surface area contributed by atoms with E-state index in [9.17, 15) is 4.79 Å². The number of nitrogens with zero attached hydrogens (tertiary/aromatic N) is 3.